The molecule has 2 heterocycles. The van der Waals surface area contributed by atoms with E-state index >= 15 is 0 Å². The monoisotopic (exact) mass is 916 g/mol. The van der Waals surface area contributed by atoms with Gasteiger partial charge in [0.1, 0.15) is 11.6 Å². The van der Waals surface area contributed by atoms with Gasteiger partial charge in [-0.15, -0.1) is 0 Å². The quantitative estimate of drug-likeness (QED) is 0.0590. The van der Waals surface area contributed by atoms with Gasteiger partial charge in [0.15, 0.2) is 0 Å². The number of halogens is 2. The van der Waals surface area contributed by atoms with Gasteiger partial charge in [-0.3, -0.25) is 0 Å². The molecule has 0 bridgehead atoms. The number of hydrogen-bond donors (Lipinski definition) is 4. The molecule has 65 heavy (non-hydrogen) atoms. The molecule has 6 rings (SSSR count). The Morgan fingerprint density at radius 2 is 0.831 bits per heavy atom. The van der Waals surface area contributed by atoms with Crippen LogP contribution in [0.25, 0.3) is 44.8 Å². The topological polar surface area (TPSA) is 171 Å². The maximum atomic E-state index is 13.6. The van der Waals surface area contributed by atoms with E-state index in [1.807, 2.05) is 60.7 Å². The van der Waals surface area contributed by atoms with Crippen molar-refractivity contribution in [2.75, 3.05) is 0 Å². The SMILES string of the molecule is CC(C)c1cc(-c2ccccc2)c(-c2ccc(F)cc2)n1CC[C@@H](O)C[C@@H](O)CC(=O)[O-].CC(C)c1cc(-c2ccccc2)c(-c2ccc(F)cc2)n1CC[C@@H](O)C[C@@H](O)CC(=O)[O-].[Ca+2]. The van der Waals surface area contributed by atoms with Crippen molar-refractivity contribution in [3.05, 3.63) is 144 Å². The fourth-order valence-electron chi connectivity index (χ4n) is 8.06. The molecular weight excluding hydrogens is 859 g/mol. The first-order valence-electron chi connectivity index (χ1n) is 21.7. The van der Waals surface area contributed by atoms with E-state index in [2.05, 4.69) is 49.0 Å². The van der Waals surface area contributed by atoms with Crippen molar-refractivity contribution in [3.63, 3.8) is 0 Å². The van der Waals surface area contributed by atoms with Crippen molar-refractivity contribution in [1.82, 2.24) is 9.13 Å². The summed E-state index contributed by atoms with van der Waals surface area (Å²) in [6.07, 6.45) is -4.45. The summed E-state index contributed by atoms with van der Waals surface area (Å²) in [7, 11) is 0. The predicted molar refractivity (Wildman–Crippen MR) is 246 cm³/mol. The number of carbonyl (C=O) groups is 2. The molecule has 340 valence electrons. The zero-order chi connectivity index (χ0) is 46.5. The van der Waals surface area contributed by atoms with E-state index in [4.69, 9.17) is 0 Å². The van der Waals surface area contributed by atoms with E-state index in [9.17, 15) is 49.0 Å². The van der Waals surface area contributed by atoms with Crippen molar-refractivity contribution in [1.29, 1.82) is 0 Å². The number of aromatic nitrogens is 2. The molecule has 0 aliphatic heterocycles. The van der Waals surface area contributed by atoms with E-state index in [1.54, 1.807) is 24.3 Å². The van der Waals surface area contributed by atoms with Gasteiger partial charge in [0, 0.05) is 60.4 Å². The Morgan fingerprint density at radius 1 is 0.508 bits per heavy atom. The summed E-state index contributed by atoms with van der Waals surface area (Å²) in [5.41, 5.74) is 9.86. The van der Waals surface area contributed by atoms with Crippen molar-refractivity contribution in [3.8, 4) is 44.8 Å². The van der Waals surface area contributed by atoms with Gasteiger partial charge < -0.3 is 49.4 Å². The van der Waals surface area contributed by atoms with Crippen molar-refractivity contribution in [2.24, 2.45) is 0 Å². The van der Waals surface area contributed by atoms with Crippen LogP contribution in [0.15, 0.2) is 121 Å². The van der Waals surface area contributed by atoms with Crippen LogP contribution in [0, 0.1) is 11.6 Å². The summed E-state index contributed by atoms with van der Waals surface area (Å²) >= 11 is 0. The number of aliphatic hydroxyl groups is 4. The predicted octanol–water partition coefficient (Wildman–Crippen LogP) is 7.07. The second kappa shape index (κ2) is 25.3. The molecule has 4 aromatic carbocycles. The van der Waals surface area contributed by atoms with Crippen LogP contribution in [0.1, 0.15) is 89.4 Å². The van der Waals surface area contributed by atoms with E-state index in [0.717, 1.165) is 56.2 Å². The Labute approximate surface area is 409 Å². The molecule has 13 heteroatoms. The second-order valence-electron chi connectivity index (χ2n) is 16.8. The summed E-state index contributed by atoms with van der Waals surface area (Å²) in [6, 6.07) is 36.9. The molecule has 10 nitrogen and oxygen atoms in total. The van der Waals surface area contributed by atoms with Crippen LogP contribution in [-0.2, 0) is 22.7 Å². The standard InChI is InChI=1S/2C26H30FNO4.Ca/c2*1-17(2)24-16-23(18-6-4-3-5-7-18)26(19-8-10-20(27)11-9-19)28(24)13-12-21(29)14-22(30)15-25(31)32;/h2*3-11,16-17,21-22,29-30H,12-15H2,1-2H3,(H,31,32);/q;;+2/p-2/t2*21-,22-;/m11./s1. The second-order valence-corrected chi connectivity index (χ2v) is 16.8. The molecule has 0 amide bonds. The third-order valence-electron chi connectivity index (χ3n) is 11.1. The van der Waals surface area contributed by atoms with Crippen molar-refractivity contribution in [2.45, 2.75) is 116 Å². The Balaban J connectivity index is 0.000000280. The minimum absolute atomic E-state index is 0. The Bertz CT molecular complexity index is 2230. The normalized spacial score (nSPS) is 13.1. The van der Waals surface area contributed by atoms with Crippen LogP contribution in [-0.4, -0.2) is 104 Å². The molecule has 0 spiro atoms. The minimum Gasteiger partial charge on any atom is -0.550 e. The molecule has 2 aromatic heterocycles. The Hall–Kier alpha value is -4.66. The van der Waals surface area contributed by atoms with Gasteiger partial charge in [0.25, 0.3) is 0 Å². The van der Waals surface area contributed by atoms with Crippen molar-refractivity contribution >= 4 is 49.7 Å². The van der Waals surface area contributed by atoms with Crippen LogP contribution in [0.4, 0.5) is 8.78 Å². The molecule has 4 atom stereocenters. The summed E-state index contributed by atoms with van der Waals surface area (Å²) in [6.45, 7) is 9.30. The van der Waals surface area contributed by atoms with E-state index in [1.165, 1.54) is 24.3 Å². The van der Waals surface area contributed by atoms with Gasteiger partial charge in [0.05, 0.1) is 35.8 Å². The van der Waals surface area contributed by atoms with Gasteiger partial charge in [-0.25, -0.2) is 8.78 Å². The number of nitrogens with zero attached hydrogens (tertiary/aromatic N) is 2. The van der Waals surface area contributed by atoms with Crippen LogP contribution in [0.2, 0.25) is 0 Å². The molecule has 6 aromatic rings. The number of carbonyl (C=O) groups excluding carboxylic acids is 2. The molecule has 0 radical (unpaired) electrons. The first-order chi connectivity index (χ1) is 30.5. The zero-order valence-electron chi connectivity index (χ0n) is 37.4. The average Bonchev–Trinajstić information content (AvgIpc) is 3.83. The summed E-state index contributed by atoms with van der Waals surface area (Å²) in [5, 5.41) is 61.8. The van der Waals surface area contributed by atoms with E-state index in [0.29, 0.717) is 25.9 Å². The average molecular weight is 917 g/mol. The Kier molecular flexibility index (Phi) is 20.6. The Morgan fingerprint density at radius 3 is 1.12 bits per heavy atom. The summed E-state index contributed by atoms with van der Waals surface area (Å²) < 4.78 is 31.5. The molecule has 0 aliphatic carbocycles. The molecule has 0 saturated heterocycles. The molecule has 4 N–H and O–H groups in total. The summed E-state index contributed by atoms with van der Waals surface area (Å²) in [5.74, 6) is -2.91. The fourth-order valence-corrected chi connectivity index (χ4v) is 8.06. The van der Waals surface area contributed by atoms with Crippen LogP contribution < -0.4 is 10.2 Å². The number of aliphatic hydroxyl groups excluding tert-OH is 4. The number of carboxylic acid groups (broad SMARTS) is 2. The van der Waals surface area contributed by atoms with Crippen LogP contribution >= 0.6 is 0 Å². The van der Waals surface area contributed by atoms with Crippen LogP contribution in [0.5, 0.6) is 0 Å². The van der Waals surface area contributed by atoms with E-state index in [-0.39, 0.29) is 74.1 Å². The largest absolute Gasteiger partial charge is 2.00 e. The number of hydrogen-bond acceptors (Lipinski definition) is 8. The number of rotatable bonds is 20. The van der Waals surface area contributed by atoms with Gasteiger partial charge in [-0.05, 0) is 120 Å². The van der Waals surface area contributed by atoms with Crippen molar-refractivity contribution < 1.29 is 49.0 Å². The zero-order valence-corrected chi connectivity index (χ0v) is 39.7. The third kappa shape index (κ3) is 15.2. The van der Waals surface area contributed by atoms with Crippen LogP contribution in [0.3, 0.4) is 0 Å². The van der Waals surface area contributed by atoms with E-state index < -0.39 is 49.2 Å². The maximum absolute atomic E-state index is 13.6. The summed E-state index contributed by atoms with van der Waals surface area (Å²) in [4.78, 5) is 21.3. The molecule has 0 saturated carbocycles. The van der Waals surface area contributed by atoms with Gasteiger partial charge in [-0.2, -0.15) is 0 Å². The van der Waals surface area contributed by atoms with Gasteiger partial charge >= 0.3 is 37.7 Å². The van der Waals surface area contributed by atoms with Gasteiger partial charge in [-0.1, -0.05) is 88.4 Å². The van der Waals surface area contributed by atoms with Gasteiger partial charge in [0.2, 0.25) is 0 Å². The number of benzene rings is 4. The third-order valence-corrected chi connectivity index (χ3v) is 11.1. The number of carboxylic acids is 2. The molecule has 0 unspecified atom stereocenters. The number of aliphatic carboxylic acids is 2. The molecular formula is C52H58CaF2N2O8. The smallest absolute Gasteiger partial charge is 0.550 e. The first kappa shape index (κ1) is 53.0. The molecule has 0 aliphatic rings. The molecule has 0 fully saturated rings. The maximum Gasteiger partial charge on any atom is 2.00 e. The fraction of sp³-hybridized carbons (Fsp3) is 0.346. The first-order valence-corrected chi connectivity index (χ1v) is 21.7. The minimum atomic E-state index is -1.34.